The Bertz CT molecular complexity index is 927. The van der Waals surface area contributed by atoms with E-state index in [1.165, 1.54) is 5.56 Å². The lowest BCUT2D eigenvalue weighted by Crippen LogP contribution is -2.52. The Labute approximate surface area is 205 Å². The van der Waals surface area contributed by atoms with Gasteiger partial charge in [0.15, 0.2) is 0 Å². The van der Waals surface area contributed by atoms with Crippen molar-refractivity contribution >= 4 is 0 Å². The Balaban J connectivity index is 1.46. The number of aliphatic hydroxyl groups is 1. The topological polar surface area (TPSA) is 32.7 Å². The Morgan fingerprint density at radius 1 is 0.765 bits per heavy atom. The van der Waals surface area contributed by atoms with Crippen LogP contribution in [0.2, 0.25) is 0 Å². The molecule has 3 aromatic rings. The maximum absolute atomic E-state index is 12.6. The molecule has 0 spiro atoms. The highest BCUT2D eigenvalue weighted by molar-refractivity contribution is 5.39. The average molecular weight is 458 g/mol. The second-order valence-corrected chi connectivity index (χ2v) is 9.87. The van der Waals surface area contributed by atoms with Crippen molar-refractivity contribution in [1.82, 2.24) is 4.90 Å². The molecule has 3 nitrogen and oxygen atoms in total. The van der Waals surface area contributed by atoms with Gasteiger partial charge in [-0.05, 0) is 62.5 Å². The highest BCUT2D eigenvalue weighted by atomic mass is 16.5. The predicted molar refractivity (Wildman–Crippen MR) is 140 cm³/mol. The summed E-state index contributed by atoms with van der Waals surface area (Å²) in [5.74, 6) is 0. The van der Waals surface area contributed by atoms with Crippen molar-refractivity contribution in [2.24, 2.45) is 5.41 Å². The smallest absolute Gasteiger partial charge is 0.120 e. The van der Waals surface area contributed by atoms with Gasteiger partial charge < -0.3 is 14.7 Å². The molecule has 0 amide bonds. The third-order valence-electron chi connectivity index (χ3n) is 7.65. The summed E-state index contributed by atoms with van der Waals surface area (Å²) in [4.78, 5) is 2.39. The second kappa shape index (κ2) is 11.8. The van der Waals surface area contributed by atoms with Gasteiger partial charge in [-0.1, -0.05) is 104 Å². The minimum Gasteiger partial charge on any atom is -0.380 e. The van der Waals surface area contributed by atoms with Crippen LogP contribution >= 0.6 is 0 Å². The van der Waals surface area contributed by atoms with Crippen LogP contribution in [0.5, 0.6) is 0 Å². The van der Waals surface area contributed by atoms with Crippen LogP contribution in [0.25, 0.3) is 0 Å². The van der Waals surface area contributed by atoms with Crippen LogP contribution in [-0.2, 0) is 16.9 Å². The van der Waals surface area contributed by atoms with E-state index in [0.717, 1.165) is 69.3 Å². The molecule has 1 aliphatic rings. The molecular weight excluding hydrogens is 418 g/mol. The van der Waals surface area contributed by atoms with Gasteiger partial charge in [-0.25, -0.2) is 0 Å². The molecule has 0 aliphatic carbocycles. The zero-order valence-corrected chi connectivity index (χ0v) is 20.5. The van der Waals surface area contributed by atoms with Gasteiger partial charge in [-0.2, -0.15) is 0 Å². The molecule has 4 rings (SSSR count). The number of likely N-dealkylation sites (tertiary alicyclic amines) is 1. The van der Waals surface area contributed by atoms with E-state index in [0.29, 0.717) is 6.61 Å². The van der Waals surface area contributed by atoms with E-state index in [1.807, 2.05) is 18.2 Å². The minimum absolute atomic E-state index is 0.187. The number of benzene rings is 3. The van der Waals surface area contributed by atoms with E-state index in [4.69, 9.17) is 4.74 Å². The zero-order chi connectivity index (χ0) is 23.7. The Hall–Kier alpha value is -2.46. The second-order valence-electron chi connectivity index (χ2n) is 9.87. The van der Waals surface area contributed by atoms with E-state index < -0.39 is 5.60 Å². The number of nitrogens with zero attached hydrogens (tertiary/aromatic N) is 1. The maximum atomic E-state index is 12.6. The van der Waals surface area contributed by atoms with Gasteiger partial charge in [-0.3, -0.25) is 0 Å². The molecule has 3 aromatic carbocycles. The van der Waals surface area contributed by atoms with Crippen LogP contribution in [0.15, 0.2) is 91.0 Å². The number of rotatable bonds is 11. The third kappa shape index (κ3) is 5.60. The third-order valence-corrected chi connectivity index (χ3v) is 7.65. The molecule has 0 atom stereocenters. The molecule has 1 heterocycles. The van der Waals surface area contributed by atoms with Gasteiger partial charge in [0.1, 0.15) is 5.60 Å². The van der Waals surface area contributed by atoms with Crippen molar-refractivity contribution in [3.8, 4) is 0 Å². The highest BCUT2D eigenvalue weighted by Gasteiger charge is 2.52. The summed E-state index contributed by atoms with van der Waals surface area (Å²) in [6, 6.07) is 31.0. The Kier molecular flexibility index (Phi) is 8.55. The minimum atomic E-state index is -0.999. The molecule has 1 fully saturated rings. The summed E-state index contributed by atoms with van der Waals surface area (Å²) in [7, 11) is 2.19. The van der Waals surface area contributed by atoms with Crippen LogP contribution in [0, 0.1) is 5.41 Å². The lowest BCUT2D eigenvalue weighted by molar-refractivity contribution is -0.0949. The predicted octanol–water partition coefficient (Wildman–Crippen LogP) is 6.41. The van der Waals surface area contributed by atoms with E-state index in [1.54, 1.807) is 0 Å². The average Bonchev–Trinajstić information content (AvgIpc) is 2.90. The first-order chi connectivity index (χ1) is 16.6. The Morgan fingerprint density at radius 3 is 1.85 bits per heavy atom. The molecule has 3 heteroatoms. The standard InChI is InChI=1S/C31H39NO2/c1-32-23-21-30(22-24-32,20-12-5-13-25-34-26-27-14-6-2-7-15-27)31(33,28-16-8-3-9-17-28)29-18-10-4-11-19-29/h2-4,6-11,14-19,33H,5,12-13,20-26H2,1H3. The molecule has 0 radical (unpaired) electrons. The van der Waals surface area contributed by atoms with Gasteiger partial charge in [0.25, 0.3) is 0 Å². The van der Waals surface area contributed by atoms with E-state index in [-0.39, 0.29) is 5.41 Å². The molecule has 1 saturated heterocycles. The summed E-state index contributed by atoms with van der Waals surface area (Å²) in [6.45, 7) is 3.50. The van der Waals surface area contributed by atoms with Crippen molar-refractivity contribution in [2.45, 2.75) is 50.7 Å². The van der Waals surface area contributed by atoms with Gasteiger partial charge in [0.2, 0.25) is 0 Å². The van der Waals surface area contributed by atoms with Crippen molar-refractivity contribution < 1.29 is 9.84 Å². The molecule has 1 N–H and O–H groups in total. The fourth-order valence-electron chi connectivity index (χ4n) is 5.59. The van der Waals surface area contributed by atoms with E-state index in [2.05, 4.69) is 84.7 Å². The maximum Gasteiger partial charge on any atom is 0.120 e. The van der Waals surface area contributed by atoms with Crippen LogP contribution < -0.4 is 0 Å². The van der Waals surface area contributed by atoms with Gasteiger partial charge >= 0.3 is 0 Å². The Morgan fingerprint density at radius 2 is 1.29 bits per heavy atom. The van der Waals surface area contributed by atoms with Crippen molar-refractivity contribution in [2.75, 3.05) is 26.7 Å². The van der Waals surface area contributed by atoms with Crippen molar-refractivity contribution in [3.63, 3.8) is 0 Å². The first-order valence-electron chi connectivity index (χ1n) is 12.8. The number of hydrogen-bond donors (Lipinski definition) is 1. The van der Waals surface area contributed by atoms with E-state index in [9.17, 15) is 5.11 Å². The molecule has 0 unspecified atom stereocenters. The van der Waals surface area contributed by atoms with Crippen LogP contribution in [0.1, 0.15) is 55.2 Å². The largest absolute Gasteiger partial charge is 0.380 e. The normalized spacial score (nSPS) is 16.4. The zero-order valence-electron chi connectivity index (χ0n) is 20.5. The van der Waals surface area contributed by atoms with Crippen LogP contribution in [0.4, 0.5) is 0 Å². The highest BCUT2D eigenvalue weighted by Crippen LogP contribution is 2.54. The quantitative estimate of drug-likeness (QED) is 0.338. The van der Waals surface area contributed by atoms with Crippen LogP contribution in [0.3, 0.4) is 0 Å². The fourth-order valence-corrected chi connectivity index (χ4v) is 5.59. The van der Waals surface area contributed by atoms with Crippen molar-refractivity contribution in [1.29, 1.82) is 0 Å². The summed E-state index contributed by atoms with van der Waals surface area (Å²) in [5, 5.41) is 12.6. The molecule has 1 aliphatic heterocycles. The molecule has 0 aromatic heterocycles. The lowest BCUT2D eigenvalue weighted by atomic mass is 9.58. The summed E-state index contributed by atoms with van der Waals surface area (Å²) >= 11 is 0. The summed E-state index contributed by atoms with van der Waals surface area (Å²) in [5.41, 5.74) is 2.06. The number of unbranched alkanes of at least 4 members (excludes halogenated alkanes) is 2. The number of piperidine rings is 1. The first kappa shape index (κ1) is 24.7. The number of ether oxygens (including phenoxy) is 1. The molecule has 34 heavy (non-hydrogen) atoms. The van der Waals surface area contributed by atoms with Gasteiger partial charge in [0.05, 0.1) is 6.61 Å². The van der Waals surface area contributed by atoms with Crippen molar-refractivity contribution in [3.05, 3.63) is 108 Å². The lowest BCUT2D eigenvalue weighted by Gasteiger charge is -2.52. The number of hydrogen-bond acceptors (Lipinski definition) is 3. The molecular formula is C31H39NO2. The first-order valence-corrected chi connectivity index (χ1v) is 12.8. The summed E-state index contributed by atoms with van der Waals surface area (Å²) < 4.78 is 5.90. The van der Waals surface area contributed by atoms with E-state index >= 15 is 0 Å². The van der Waals surface area contributed by atoms with Gasteiger partial charge in [0, 0.05) is 12.0 Å². The molecule has 180 valence electrons. The monoisotopic (exact) mass is 457 g/mol. The van der Waals surface area contributed by atoms with Crippen LogP contribution in [-0.4, -0.2) is 36.8 Å². The summed E-state index contributed by atoms with van der Waals surface area (Å²) in [6.07, 6.45) is 6.27. The molecule has 0 saturated carbocycles. The van der Waals surface area contributed by atoms with Gasteiger partial charge in [-0.15, -0.1) is 0 Å². The fraction of sp³-hybridized carbons (Fsp3) is 0.419. The SMILES string of the molecule is CN1CCC(CCCCCOCc2ccccc2)(C(O)(c2ccccc2)c2ccccc2)CC1. The molecule has 0 bridgehead atoms.